The van der Waals surface area contributed by atoms with Crippen molar-refractivity contribution in [2.75, 3.05) is 27.2 Å². The number of hydrogen-bond acceptors (Lipinski definition) is 9. The lowest BCUT2D eigenvalue weighted by Crippen LogP contribution is -2.74. The van der Waals surface area contributed by atoms with Crippen LogP contribution in [0.5, 0.6) is 5.75 Å². The number of Topliss-reactive ketones (excluding diaryl/α,β-unsaturated/α-hetero) is 4. The number of nitrogens with two attached hydrogens (primary N) is 1. The van der Waals surface area contributed by atoms with Gasteiger partial charge in [-0.25, -0.2) is 0 Å². The zero-order chi connectivity index (χ0) is 33.5. The molecule has 3 fully saturated rings. The van der Waals surface area contributed by atoms with E-state index in [1.807, 2.05) is 25.7 Å². The third kappa shape index (κ3) is 5.61. The van der Waals surface area contributed by atoms with Gasteiger partial charge >= 0.3 is 6.18 Å². The number of phenolic OH excluding ortho intramolecular Hbond substituents is 1. The molecule has 0 aliphatic heterocycles. The summed E-state index contributed by atoms with van der Waals surface area (Å²) in [6, 6.07) is -0.412. The lowest BCUT2D eigenvalue weighted by molar-refractivity contribution is -0.181. The number of hydrogen-bond donors (Lipinski definition) is 3. The van der Waals surface area contributed by atoms with E-state index >= 15 is 0 Å². The molecule has 0 heterocycles. The van der Waals surface area contributed by atoms with Gasteiger partial charge in [0.2, 0.25) is 5.91 Å². The van der Waals surface area contributed by atoms with Crippen molar-refractivity contribution in [2.24, 2.45) is 40.7 Å². The molecule has 2 unspecified atom stereocenters. The predicted molar refractivity (Wildman–Crippen MR) is 154 cm³/mol. The minimum atomic E-state index is -4.91. The first-order valence-corrected chi connectivity index (χ1v) is 15.2. The maximum Gasteiger partial charge on any atom is 0.417 e. The van der Waals surface area contributed by atoms with Crippen LogP contribution in [0.3, 0.4) is 0 Å². The molecule has 6 atom stereocenters. The van der Waals surface area contributed by atoms with Crippen LogP contribution < -0.4 is 5.73 Å². The quantitative estimate of drug-likeness (QED) is 0.382. The van der Waals surface area contributed by atoms with Crippen molar-refractivity contribution >= 4 is 29.0 Å². The molecule has 0 aromatic heterocycles. The molecule has 10 nitrogen and oxygen atoms in total. The van der Waals surface area contributed by atoms with E-state index in [4.69, 9.17) is 5.73 Å². The molecule has 45 heavy (non-hydrogen) atoms. The fourth-order valence-corrected chi connectivity index (χ4v) is 7.98. The number of carbonyl (C=O) groups excluding carboxylic acids is 5. The number of phenols is 1. The Morgan fingerprint density at radius 2 is 1.71 bits per heavy atom. The van der Waals surface area contributed by atoms with Gasteiger partial charge in [0.1, 0.15) is 5.75 Å². The molecule has 1 amide bonds. The number of benzene rings is 1. The predicted octanol–water partition coefficient (Wildman–Crippen LogP) is 2.14. The van der Waals surface area contributed by atoms with Crippen LogP contribution in [0.15, 0.2) is 6.07 Å². The smallest absolute Gasteiger partial charge is 0.417 e. The number of primary amides is 1. The number of aliphatic hydroxyl groups is 1. The van der Waals surface area contributed by atoms with Crippen molar-refractivity contribution in [3.8, 4) is 5.75 Å². The van der Waals surface area contributed by atoms with Crippen LogP contribution >= 0.6 is 0 Å². The van der Waals surface area contributed by atoms with Crippen LogP contribution in [-0.4, -0.2) is 87.9 Å². The molecule has 3 saturated carbocycles. The molecular formula is C32H40F3N3O7. The fourth-order valence-electron chi connectivity index (χ4n) is 7.98. The first-order valence-electron chi connectivity index (χ1n) is 15.2. The van der Waals surface area contributed by atoms with Crippen LogP contribution in [0.4, 0.5) is 13.2 Å². The number of alkyl halides is 3. The normalized spacial score (nSPS) is 30.4. The third-order valence-corrected chi connectivity index (χ3v) is 9.73. The Labute approximate surface area is 259 Å². The molecule has 1 aromatic carbocycles. The average Bonchev–Trinajstić information content (AvgIpc) is 3.67. The molecule has 5 rings (SSSR count). The van der Waals surface area contributed by atoms with Crippen LogP contribution in [-0.2, 0) is 38.3 Å². The molecular weight excluding hydrogens is 595 g/mol. The Morgan fingerprint density at radius 1 is 1.09 bits per heavy atom. The number of aromatic hydroxyl groups is 1. The Balaban J connectivity index is 1.62. The number of nitrogens with zero attached hydrogens (tertiary/aromatic N) is 2. The standard InChI is InChI=1S/C32H40F3N3O7/c1-30(2,3)13-38(11-14-6-7-14)12-16-10-19(39)21-17(23(16)32(33,34)35)8-15-9-18-24(37(4)5)26(41)22(29(36)44)28(43)31(18,45)27(42)20(15)25(21)40/h10,14-15,18,20,22,24,39,45H,6-9,11-13H2,1-5H3,(H2,36,44)/t15-,18-,20?,22?,24-,31-/m0/s1. The molecule has 0 radical (unpaired) electrons. The van der Waals surface area contributed by atoms with Gasteiger partial charge < -0.3 is 15.9 Å². The monoisotopic (exact) mass is 635 g/mol. The van der Waals surface area contributed by atoms with Gasteiger partial charge in [0.15, 0.2) is 34.7 Å². The van der Waals surface area contributed by atoms with Crippen molar-refractivity contribution in [2.45, 2.75) is 70.8 Å². The van der Waals surface area contributed by atoms with Gasteiger partial charge in [-0.15, -0.1) is 0 Å². The lowest BCUT2D eigenvalue weighted by Gasteiger charge is -2.52. The maximum absolute atomic E-state index is 14.9. The Kier molecular flexibility index (Phi) is 8.10. The number of amides is 1. The van der Waals surface area contributed by atoms with E-state index < -0.39 is 99.4 Å². The number of likely N-dealkylation sites (N-methyl/N-ethyl adjacent to an activating group) is 1. The van der Waals surface area contributed by atoms with Gasteiger partial charge in [-0.3, -0.25) is 33.8 Å². The number of fused-ring (bicyclic) bond motifs is 3. The number of ketones is 4. The molecule has 4 aliphatic rings. The summed E-state index contributed by atoms with van der Waals surface area (Å²) in [4.78, 5) is 69.9. The largest absolute Gasteiger partial charge is 0.507 e. The summed E-state index contributed by atoms with van der Waals surface area (Å²) in [6.07, 6.45) is -3.72. The highest BCUT2D eigenvalue weighted by molar-refractivity contribution is 6.32. The first kappa shape index (κ1) is 33.2. The number of rotatable bonds is 7. The van der Waals surface area contributed by atoms with E-state index in [2.05, 4.69) is 0 Å². The third-order valence-electron chi connectivity index (χ3n) is 9.73. The summed E-state index contributed by atoms with van der Waals surface area (Å²) >= 11 is 0. The first-order chi connectivity index (χ1) is 20.7. The summed E-state index contributed by atoms with van der Waals surface area (Å²) < 4.78 is 44.8. The summed E-state index contributed by atoms with van der Waals surface area (Å²) in [5.74, 6) is -12.9. The summed E-state index contributed by atoms with van der Waals surface area (Å²) in [5, 5.41) is 22.7. The van der Waals surface area contributed by atoms with Crippen molar-refractivity contribution in [3.05, 3.63) is 28.3 Å². The highest BCUT2D eigenvalue weighted by Crippen LogP contribution is 2.53. The van der Waals surface area contributed by atoms with E-state index in [9.17, 15) is 47.4 Å². The second-order valence-corrected chi connectivity index (χ2v) is 14.7. The van der Waals surface area contributed by atoms with E-state index in [1.165, 1.54) is 19.0 Å². The Hall–Kier alpha value is -3.16. The van der Waals surface area contributed by atoms with Crippen LogP contribution in [0.1, 0.15) is 67.1 Å². The number of halogens is 3. The van der Waals surface area contributed by atoms with Gasteiger partial charge in [-0.2, -0.15) is 13.2 Å². The molecule has 0 spiro atoms. The zero-order valence-corrected chi connectivity index (χ0v) is 26.0. The Bertz CT molecular complexity index is 1480. The summed E-state index contributed by atoms with van der Waals surface area (Å²) in [6.45, 7) is 6.91. The second-order valence-electron chi connectivity index (χ2n) is 14.7. The molecule has 13 heteroatoms. The number of carbonyl (C=O) groups is 5. The summed E-state index contributed by atoms with van der Waals surface area (Å²) in [5.41, 5.74) is -0.188. The highest BCUT2D eigenvalue weighted by Gasteiger charge is 2.69. The van der Waals surface area contributed by atoms with Crippen LogP contribution in [0, 0.1) is 35.0 Å². The molecule has 4 N–H and O–H groups in total. The van der Waals surface area contributed by atoms with Crippen LogP contribution in [0.25, 0.3) is 0 Å². The molecule has 4 aliphatic carbocycles. The van der Waals surface area contributed by atoms with Gasteiger partial charge in [-0.1, -0.05) is 20.8 Å². The van der Waals surface area contributed by atoms with Crippen molar-refractivity contribution in [3.63, 3.8) is 0 Å². The van der Waals surface area contributed by atoms with Crippen LogP contribution in [0.2, 0.25) is 0 Å². The average molecular weight is 636 g/mol. The topological polar surface area (TPSA) is 158 Å². The molecule has 1 aromatic rings. The van der Waals surface area contributed by atoms with Crippen molar-refractivity contribution < 1.29 is 47.4 Å². The van der Waals surface area contributed by atoms with E-state index in [1.54, 1.807) is 0 Å². The van der Waals surface area contributed by atoms with E-state index in [0.29, 0.717) is 19.0 Å². The summed E-state index contributed by atoms with van der Waals surface area (Å²) in [7, 11) is 2.87. The van der Waals surface area contributed by atoms with Gasteiger partial charge in [0.25, 0.3) is 0 Å². The SMILES string of the molecule is CN(C)[C@@H]1C(=O)C(C(N)=O)C(=O)[C@@]2(O)C(=O)C3C(=O)c4c(O)cc(CN(CC5CC5)CC(C)(C)C)c(C(F)(F)F)c4C[C@H]3C[C@@H]12. The van der Waals surface area contributed by atoms with Crippen molar-refractivity contribution in [1.82, 2.24) is 9.80 Å². The van der Waals surface area contributed by atoms with Gasteiger partial charge in [-0.05, 0) is 74.2 Å². The van der Waals surface area contributed by atoms with E-state index in [0.717, 1.165) is 18.9 Å². The Morgan fingerprint density at radius 3 is 2.22 bits per heavy atom. The highest BCUT2D eigenvalue weighted by atomic mass is 19.4. The second kappa shape index (κ2) is 11.0. The van der Waals surface area contributed by atoms with E-state index in [-0.39, 0.29) is 23.9 Å². The fraction of sp³-hybridized carbons (Fsp3) is 0.656. The minimum Gasteiger partial charge on any atom is -0.507 e. The zero-order valence-electron chi connectivity index (χ0n) is 26.0. The minimum absolute atomic E-state index is 0.118. The van der Waals surface area contributed by atoms with Gasteiger partial charge in [0.05, 0.1) is 23.1 Å². The van der Waals surface area contributed by atoms with Gasteiger partial charge in [0, 0.05) is 25.6 Å². The maximum atomic E-state index is 14.9. The lowest BCUT2D eigenvalue weighted by atomic mass is 9.52. The molecule has 0 saturated heterocycles. The molecule has 0 bridgehead atoms. The molecule has 246 valence electrons. The van der Waals surface area contributed by atoms with Crippen molar-refractivity contribution in [1.29, 1.82) is 0 Å².